The van der Waals surface area contributed by atoms with Crippen LogP contribution in [0.2, 0.25) is 2.82 Å². The van der Waals surface area contributed by atoms with E-state index in [2.05, 4.69) is 9.97 Å². The van der Waals surface area contributed by atoms with Gasteiger partial charge in [0.1, 0.15) is 2.82 Å². The monoisotopic (exact) mass is 210 g/mol. The van der Waals surface area contributed by atoms with Crippen LogP contribution in [0.1, 0.15) is 24.9 Å². The molecule has 2 aliphatic rings. The summed E-state index contributed by atoms with van der Waals surface area (Å²) in [5, 5.41) is 1.23. The number of fused-ring (bicyclic) bond motifs is 1. The van der Waals surface area contributed by atoms with E-state index >= 15 is 0 Å². The maximum Gasteiger partial charge on any atom is 0.148 e. The number of hydrazine groups is 1. The average molecular weight is 210 g/mol. The fraction of sp³-hybridized carbons (Fsp3) is 0.400. The first-order valence-corrected chi connectivity index (χ1v) is 4.42. The Morgan fingerprint density at radius 3 is 3.53 bits per heavy atom. The van der Waals surface area contributed by atoms with E-state index in [1.54, 1.807) is 0 Å². The van der Waals surface area contributed by atoms with E-state index in [1.165, 1.54) is 24.7 Å². The van der Waals surface area contributed by atoms with Gasteiger partial charge in [0.2, 0.25) is 0 Å². The number of rotatable bonds is 1. The molecule has 3 unspecified atom stereocenters. The van der Waals surface area contributed by atoms with E-state index in [-0.39, 0.29) is 5.69 Å². The van der Waals surface area contributed by atoms with Crippen LogP contribution in [-0.4, -0.2) is 27.6 Å². The molecule has 78 valence electrons. The molecule has 0 bridgehead atoms. The highest BCUT2D eigenvalue weighted by molar-refractivity contribution is 5.08. The molecule has 1 fully saturated rings. The van der Waals surface area contributed by atoms with Crippen molar-refractivity contribution in [3.8, 4) is 0 Å². The molecule has 2 N–H and O–H groups in total. The van der Waals surface area contributed by atoms with E-state index in [9.17, 15) is 0 Å². The van der Waals surface area contributed by atoms with Crippen molar-refractivity contribution >= 4 is 0 Å². The summed E-state index contributed by atoms with van der Waals surface area (Å²) in [4.78, 5) is 7.69. The first kappa shape index (κ1) is 4.19. The molecule has 15 heavy (non-hydrogen) atoms. The van der Waals surface area contributed by atoms with Crippen LogP contribution >= 0.6 is 0 Å². The highest BCUT2D eigenvalue weighted by atomic mass is 15.6. The zero-order chi connectivity index (χ0) is 16.3. The molecule has 1 saturated heterocycles. The van der Waals surface area contributed by atoms with Gasteiger partial charge in [-0.15, -0.1) is 0 Å². The Bertz CT molecular complexity index is 615. The number of nitrogens with one attached hydrogen (secondary N) is 2. The molecule has 3 heterocycles. The highest BCUT2D eigenvalue weighted by Gasteiger charge is 2.32. The third-order valence-corrected chi connectivity index (χ3v) is 1.97. The van der Waals surface area contributed by atoms with Crippen molar-refractivity contribution in [2.45, 2.75) is 18.5 Å². The van der Waals surface area contributed by atoms with Gasteiger partial charge < -0.3 is 0 Å². The van der Waals surface area contributed by atoms with Gasteiger partial charge in [-0.05, 0) is 0 Å². The lowest BCUT2D eigenvalue weighted by atomic mass is 10.1. The van der Waals surface area contributed by atoms with Crippen LogP contribution in [0, 0.1) is 0 Å². The second kappa shape index (κ2) is 3.60. The van der Waals surface area contributed by atoms with E-state index in [0.29, 0.717) is 10.7 Å². The maximum absolute atomic E-state index is 8.50. The van der Waals surface area contributed by atoms with Crippen LogP contribution < -0.4 is 10.7 Å². The molecule has 1 aromatic rings. The third kappa shape index (κ3) is 1.60. The normalized spacial score (nSPS) is 56.7. The van der Waals surface area contributed by atoms with Gasteiger partial charge in [-0.3, -0.25) is 20.3 Å². The van der Waals surface area contributed by atoms with Crippen molar-refractivity contribution < 1.29 is 9.68 Å². The molecule has 2 aliphatic heterocycles. The molecule has 0 radical (unpaired) electrons. The predicted octanol–water partition coefficient (Wildman–Crippen LogP) is 0.171. The lowest BCUT2D eigenvalue weighted by Gasteiger charge is -2.26. The number of nitrogens with zero attached hydrogens (tertiary/aromatic N) is 3. The van der Waals surface area contributed by atoms with Crippen molar-refractivity contribution in [2.24, 2.45) is 0 Å². The Balaban J connectivity index is 2.23. The van der Waals surface area contributed by atoms with Crippen molar-refractivity contribution in [3.63, 3.8) is 0 Å². The molecule has 0 aliphatic carbocycles. The quantitative estimate of drug-likeness (QED) is 0.692. The lowest BCUT2D eigenvalue weighted by Crippen LogP contribution is -2.44. The number of hydrogen-bond donors (Lipinski definition) is 2. The summed E-state index contributed by atoms with van der Waals surface area (Å²) in [6.45, 7) is -1.28. The first-order chi connectivity index (χ1) is 10.2. The fourth-order valence-electron chi connectivity index (χ4n) is 1.31. The predicted molar refractivity (Wildman–Crippen MR) is 55.3 cm³/mol. The Morgan fingerprint density at radius 1 is 1.67 bits per heavy atom. The molecule has 0 saturated carbocycles. The summed E-state index contributed by atoms with van der Waals surface area (Å²) >= 11 is 0. The van der Waals surface area contributed by atoms with Crippen molar-refractivity contribution in [1.29, 1.82) is 0 Å². The largest absolute Gasteiger partial charge is 0.298 e. The molecule has 5 nitrogen and oxygen atoms in total. The molecular weight excluding hydrogens is 190 g/mol. The SMILES string of the molecule is [2H]C1C=CN2N([2H])C([2H])(c3cnccn3)C([2H])([2H])C2([2H])N1[2H]. The molecular formula is C10H13N5. The van der Waals surface area contributed by atoms with Gasteiger partial charge in [0.15, 0.2) is 0 Å². The van der Waals surface area contributed by atoms with Gasteiger partial charge in [0.05, 0.1) is 26.8 Å². The van der Waals surface area contributed by atoms with E-state index in [1.807, 2.05) is 0 Å². The number of aromatic nitrogens is 2. The molecule has 0 aromatic carbocycles. The van der Waals surface area contributed by atoms with Crippen molar-refractivity contribution in [3.05, 3.63) is 36.6 Å². The zero-order valence-electron chi connectivity index (χ0n) is 14.7. The Hall–Kier alpha value is -1.46. The van der Waals surface area contributed by atoms with Crippen LogP contribution in [0.3, 0.4) is 0 Å². The maximum atomic E-state index is 8.50. The van der Waals surface area contributed by atoms with Crippen LogP contribution in [-0.2, 0) is 0 Å². The van der Waals surface area contributed by atoms with Gasteiger partial charge in [-0.2, -0.15) is 0 Å². The van der Waals surface area contributed by atoms with Crippen LogP contribution in [0.4, 0.5) is 0 Å². The summed E-state index contributed by atoms with van der Waals surface area (Å²) in [7, 11) is 0. The summed E-state index contributed by atoms with van der Waals surface area (Å²) in [5.74, 6) is 0. The Labute approximate surface area is 98.1 Å². The topological polar surface area (TPSA) is 53.1 Å². The molecule has 3 atom stereocenters. The van der Waals surface area contributed by atoms with Gasteiger partial charge in [-0.25, -0.2) is 5.42 Å². The standard InChI is InChI=1S/C10H13N5/c1-2-13-10-6-8(14-15(10)5-1)9-7-11-3-4-12-9/h1,3-5,7-8,10,13-14H,2,6H2/i2D,6D2,8D,10D/hD2. The van der Waals surface area contributed by atoms with Gasteiger partial charge in [-0.1, -0.05) is 6.08 Å². The van der Waals surface area contributed by atoms with Crippen LogP contribution in [0.25, 0.3) is 0 Å². The van der Waals surface area contributed by atoms with E-state index < -0.39 is 25.1 Å². The molecule has 0 amide bonds. The minimum Gasteiger partial charge on any atom is -0.298 e. The van der Waals surface area contributed by atoms with Gasteiger partial charge in [0, 0.05) is 35.6 Å². The van der Waals surface area contributed by atoms with Gasteiger partial charge in [0.25, 0.3) is 0 Å². The van der Waals surface area contributed by atoms with Crippen LogP contribution in [0.15, 0.2) is 30.9 Å². The average Bonchev–Trinajstić information content (AvgIpc) is 2.62. The molecule has 1 aromatic heterocycles. The fourth-order valence-corrected chi connectivity index (χ4v) is 1.31. The Morgan fingerprint density at radius 2 is 2.67 bits per heavy atom. The second-order valence-corrected chi connectivity index (χ2v) is 2.95. The summed E-state index contributed by atoms with van der Waals surface area (Å²) in [5.41, 5.74) is 0.313. The summed E-state index contributed by atoms with van der Waals surface area (Å²) in [6.07, 6.45) is 1.01. The zero-order valence-corrected chi connectivity index (χ0v) is 7.70. The smallest absolute Gasteiger partial charge is 0.148 e. The molecule has 5 heteroatoms. The first-order valence-electron chi connectivity index (χ1n) is 7.90. The highest BCUT2D eigenvalue weighted by Crippen LogP contribution is 2.25. The summed E-state index contributed by atoms with van der Waals surface area (Å²) < 4.78 is 57.2. The minimum atomic E-state index is -2.73. The van der Waals surface area contributed by atoms with E-state index in [0.717, 1.165) is 11.2 Å². The van der Waals surface area contributed by atoms with Crippen LogP contribution in [0.5, 0.6) is 0 Å². The Kier molecular flexibility index (Phi) is 1.01. The van der Waals surface area contributed by atoms with E-state index in [4.69, 9.17) is 9.68 Å². The number of hydrogen-bond acceptors (Lipinski definition) is 5. The molecule has 3 rings (SSSR count). The van der Waals surface area contributed by atoms with Crippen molar-refractivity contribution in [2.75, 3.05) is 6.52 Å². The third-order valence-electron chi connectivity index (χ3n) is 1.97. The van der Waals surface area contributed by atoms with Crippen molar-refractivity contribution in [1.82, 2.24) is 25.7 Å². The second-order valence-electron chi connectivity index (χ2n) is 2.95. The minimum absolute atomic E-state index is 0.153. The molecule has 0 spiro atoms. The van der Waals surface area contributed by atoms with Gasteiger partial charge >= 0.3 is 0 Å². The summed E-state index contributed by atoms with van der Waals surface area (Å²) in [6, 6.07) is -2.39. The lowest BCUT2D eigenvalue weighted by molar-refractivity contribution is 0.223.